The summed E-state index contributed by atoms with van der Waals surface area (Å²) >= 11 is 0. The summed E-state index contributed by atoms with van der Waals surface area (Å²) in [7, 11) is 4.20. The van der Waals surface area contributed by atoms with Crippen LogP contribution in [0, 0.1) is 11.8 Å². The van der Waals surface area contributed by atoms with E-state index < -0.39 is 0 Å². The molecule has 0 aromatic heterocycles. The van der Waals surface area contributed by atoms with Crippen LogP contribution < -0.4 is 0 Å². The van der Waals surface area contributed by atoms with Crippen molar-refractivity contribution < 1.29 is 4.79 Å². The van der Waals surface area contributed by atoms with Gasteiger partial charge in [-0.15, -0.1) is 0 Å². The number of rotatable bonds is 4. The zero-order chi connectivity index (χ0) is 13.2. The highest BCUT2D eigenvalue weighted by Crippen LogP contribution is 2.40. The molecule has 2 saturated carbocycles. The van der Waals surface area contributed by atoms with Crippen LogP contribution in [0.2, 0.25) is 0 Å². The number of Topliss-reactive ketones (excluding diaryl/α,β-unsaturated/α-hetero) is 1. The summed E-state index contributed by atoms with van der Waals surface area (Å²) in [4.78, 5) is 15.1. The zero-order valence-electron chi connectivity index (χ0n) is 12.4. The Labute approximate surface area is 112 Å². The van der Waals surface area contributed by atoms with Gasteiger partial charge in [-0.1, -0.05) is 26.2 Å². The number of ketones is 1. The van der Waals surface area contributed by atoms with Gasteiger partial charge in [-0.3, -0.25) is 9.69 Å². The number of hydrogen-bond acceptors (Lipinski definition) is 2. The standard InChI is InChI=1S/C16H29NO/c1-4-13-7-9-14(10-8-13)15(18)16(17(2)3)11-5-6-12-16/h13-14H,4-12H2,1-3H3. The maximum Gasteiger partial charge on any atom is 0.156 e. The first kappa shape index (κ1) is 14.0. The Morgan fingerprint density at radius 2 is 1.67 bits per heavy atom. The first-order valence-corrected chi connectivity index (χ1v) is 7.82. The van der Waals surface area contributed by atoms with E-state index in [-0.39, 0.29) is 5.54 Å². The Hall–Kier alpha value is -0.370. The van der Waals surface area contributed by atoms with E-state index in [1.807, 2.05) is 0 Å². The minimum absolute atomic E-state index is 0.107. The molecular weight excluding hydrogens is 222 g/mol. The monoisotopic (exact) mass is 251 g/mol. The molecule has 0 heterocycles. The predicted molar refractivity (Wildman–Crippen MR) is 75.6 cm³/mol. The predicted octanol–water partition coefficient (Wildman–Crippen LogP) is 3.65. The summed E-state index contributed by atoms with van der Waals surface area (Å²) < 4.78 is 0. The molecule has 0 spiro atoms. The summed E-state index contributed by atoms with van der Waals surface area (Å²) in [6.45, 7) is 2.28. The molecule has 2 fully saturated rings. The maximum absolute atomic E-state index is 12.9. The third-order valence-corrected chi connectivity index (χ3v) is 5.54. The Balaban J connectivity index is 2.02. The highest BCUT2D eigenvalue weighted by molar-refractivity contribution is 5.90. The van der Waals surface area contributed by atoms with Crippen molar-refractivity contribution >= 4 is 5.78 Å². The second kappa shape index (κ2) is 5.73. The number of hydrogen-bond donors (Lipinski definition) is 0. The van der Waals surface area contributed by atoms with Gasteiger partial charge >= 0.3 is 0 Å². The lowest BCUT2D eigenvalue weighted by atomic mass is 9.73. The molecule has 0 bridgehead atoms. The van der Waals surface area contributed by atoms with Crippen LogP contribution in [0.25, 0.3) is 0 Å². The van der Waals surface area contributed by atoms with E-state index in [1.54, 1.807) is 0 Å². The van der Waals surface area contributed by atoms with E-state index in [9.17, 15) is 4.79 Å². The van der Waals surface area contributed by atoms with Crippen molar-refractivity contribution in [2.75, 3.05) is 14.1 Å². The van der Waals surface area contributed by atoms with Crippen molar-refractivity contribution in [1.82, 2.24) is 4.90 Å². The largest absolute Gasteiger partial charge is 0.297 e. The van der Waals surface area contributed by atoms with Gasteiger partial charge in [-0.05, 0) is 58.5 Å². The normalized spacial score (nSPS) is 31.8. The molecule has 2 aliphatic rings. The molecule has 0 N–H and O–H groups in total. The van der Waals surface area contributed by atoms with E-state index in [0.717, 1.165) is 31.6 Å². The molecule has 0 amide bonds. The molecule has 0 saturated heterocycles. The fraction of sp³-hybridized carbons (Fsp3) is 0.938. The van der Waals surface area contributed by atoms with Gasteiger partial charge in [0.15, 0.2) is 5.78 Å². The molecule has 0 radical (unpaired) electrons. The topological polar surface area (TPSA) is 20.3 Å². The average molecular weight is 251 g/mol. The SMILES string of the molecule is CCC1CCC(C(=O)C2(N(C)C)CCCC2)CC1. The van der Waals surface area contributed by atoms with Crippen LogP contribution in [-0.4, -0.2) is 30.3 Å². The molecule has 2 nitrogen and oxygen atoms in total. The van der Waals surface area contributed by atoms with Gasteiger partial charge in [0.1, 0.15) is 0 Å². The first-order valence-electron chi connectivity index (χ1n) is 7.82. The second-order valence-electron chi connectivity index (χ2n) is 6.62. The Morgan fingerprint density at radius 3 is 2.11 bits per heavy atom. The van der Waals surface area contributed by atoms with Crippen molar-refractivity contribution in [2.24, 2.45) is 11.8 Å². The van der Waals surface area contributed by atoms with Crippen molar-refractivity contribution in [3.05, 3.63) is 0 Å². The lowest BCUT2D eigenvalue weighted by Gasteiger charge is -2.39. The summed E-state index contributed by atoms with van der Waals surface area (Å²) in [5.41, 5.74) is -0.107. The highest BCUT2D eigenvalue weighted by atomic mass is 16.1. The number of nitrogens with zero attached hydrogens (tertiary/aromatic N) is 1. The van der Waals surface area contributed by atoms with Crippen LogP contribution in [0.3, 0.4) is 0 Å². The zero-order valence-corrected chi connectivity index (χ0v) is 12.4. The van der Waals surface area contributed by atoms with Crippen LogP contribution in [0.15, 0.2) is 0 Å². The smallest absolute Gasteiger partial charge is 0.156 e. The van der Waals surface area contributed by atoms with Gasteiger partial charge in [-0.25, -0.2) is 0 Å². The van der Waals surface area contributed by atoms with Gasteiger partial charge in [0.2, 0.25) is 0 Å². The van der Waals surface area contributed by atoms with Crippen LogP contribution in [0.1, 0.15) is 64.7 Å². The van der Waals surface area contributed by atoms with Crippen LogP contribution in [-0.2, 0) is 4.79 Å². The maximum atomic E-state index is 12.9. The first-order chi connectivity index (χ1) is 8.60. The molecule has 2 rings (SSSR count). The van der Waals surface area contributed by atoms with Crippen molar-refractivity contribution in [3.63, 3.8) is 0 Å². The molecular formula is C16H29NO. The Kier molecular flexibility index (Phi) is 4.47. The molecule has 0 unspecified atom stereocenters. The third-order valence-electron chi connectivity index (χ3n) is 5.54. The van der Waals surface area contributed by atoms with E-state index in [1.165, 1.54) is 32.1 Å². The molecule has 0 aromatic rings. The molecule has 0 aromatic carbocycles. The van der Waals surface area contributed by atoms with Gasteiger partial charge < -0.3 is 0 Å². The van der Waals surface area contributed by atoms with Gasteiger partial charge in [0.05, 0.1) is 5.54 Å². The van der Waals surface area contributed by atoms with Crippen molar-refractivity contribution in [3.8, 4) is 0 Å². The van der Waals surface area contributed by atoms with Gasteiger partial charge in [-0.2, -0.15) is 0 Å². The Morgan fingerprint density at radius 1 is 1.11 bits per heavy atom. The fourth-order valence-corrected chi connectivity index (χ4v) is 4.09. The summed E-state index contributed by atoms with van der Waals surface area (Å²) in [5.74, 6) is 1.81. The highest BCUT2D eigenvalue weighted by Gasteiger charge is 2.45. The number of carbonyl (C=O) groups is 1. The van der Waals surface area contributed by atoms with Crippen molar-refractivity contribution in [2.45, 2.75) is 70.3 Å². The van der Waals surface area contributed by atoms with Crippen LogP contribution in [0.5, 0.6) is 0 Å². The lowest BCUT2D eigenvalue weighted by molar-refractivity contribution is -0.135. The van der Waals surface area contributed by atoms with E-state index in [0.29, 0.717) is 11.7 Å². The summed E-state index contributed by atoms with van der Waals surface area (Å²) in [6.07, 6.45) is 10.8. The second-order valence-corrected chi connectivity index (χ2v) is 6.62. The molecule has 18 heavy (non-hydrogen) atoms. The summed E-state index contributed by atoms with van der Waals surface area (Å²) in [6, 6.07) is 0. The Bertz CT molecular complexity index is 283. The fourth-order valence-electron chi connectivity index (χ4n) is 4.09. The molecule has 0 aliphatic heterocycles. The quantitative estimate of drug-likeness (QED) is 0.760. The third kappa shape index (κ3) is 2.49. The minimum Gasteiger partial charge on any atom is -0.297 e. The van der Waals surface area contributed by atoms with E-state index in [2.05, 4.69) is 25.9 Å². The summed E-state index contributed by atoms with van der Waals surface area (Å²) in [5, 5.41) is 0. The molecule has 104 valence electrons. The minimum atomic E-state index is -0.107. The van der Waals surface area contributed by atoms with Crippen LogP contribution >= 0.6 is 0 Å². The molecule has 2 heteroatoms. The molecule has 0 atom stereocenters. The number of likely N-dealkylation sites (N-methyl/N-ethyl adjacent to an activating group) is 1. The van der Waals surface area contributed by atoms with Gasteiger partial charge in [0, 0.05) is 5.92 Å². The van der Waals surface area contributed by atoms with Crippen LogP contribution in [0.4, 0.5) is 0 Å². The molecule has 2 aliphatic carbocycles. The number of carbonyl (C=O) groups excluding carboxylic acids is 1. The van der Waals surface area contributed by atoms with E-state index >= 15 is 0 Å². The average Bonchev–Trinajstić information content (AvgIpc) is 2.88. The lowest BCUT2D eigenvalue weighted by Crippen LogP contribution is -2.52. The van der Waals surface area contributed by atoms with Crippen molar-refractivity contribution in [1.29, 1.82) is 0 Å². The van der Waals surface area contributed by atoms with E-state index in [4.69, 9.17) is 0 Å². The van der Waals surface area contributed by atoms with Gasteiger partial charge in [0.25, 0.3) is 0 Å².